The van der Waals surface area contributed by atoms with Crippen molar-refractivity contribution in [2.75, 3.05) is 5.32 Å². The molecule has 1 aromatic heterocycles. The maximum absolute atomic E-state index is 14.4. The van der Waals surface area contributed by atoms with E-state index in [-0.39, 0.29) is 17.0 Å². The van der Waals surface area contributed by atoms with Crippen LogP contribution >= 0.6 is 0 Å². The molecule has 10 heteroatoms. The van der Waals surface area contributed by atoms with Crippen LogP contribution in [0.5, 0.6) is 0 Å². The van der Waals surface area contributed by atoms with Gasteiger partial charge in [0.25, 0.3) is 0 Å². The maximum atomic E-state index is 14.4. The van der Waals surface area contributed by atoms with Gasteiger partial charge in [-0.3, -0.25) is 4.79 Å². The minimum absolute atomic E-state index is 0.0390. The Hall–Kier alpha value is -3.11. The Kier molecular flexibility index (Phi) is 5.84. The molecule has 0 atom stereocenters. The zero-order valence-corrected chi connectivity index (χ0v) is 17.5. The molecule has 1 aliphatic rings. The van der Waals surface area contributed by atoms with Gasteiger partial charge in [-0.2, -0.15) is 0 Å². The molecule has 162 valence electrons. The highest BCUT2D eigenvalue weighted by molar-refractivity contribution is 7.89. The second kappa shape index (κ2) is 8.56. The predicted octanol–water partition coefficient (Wildman–Crippen LogP) is 2.64. The van der Waals surface area contributed by atoms with Crippen LogP contribution in [0, 0.1) is 5.82 Å². The summed E-state index contributed by atoms with van der Waals surface area (Å²) >= 11 is 0. The normalized spacial score (nSPS) is 14.0. The average molecular weight is 444 g/mol. The lowest BCUT2D eigenvalue weighted by molar-refractivity contribution is -0.115. The summed E-state index contributed by atoms with van der Waals surface area (Å²) in [6.07, 6.45) is 4.05. The van der Waals surface area contributed by atoms with Gasteiger partial charge in [0, 0.05) is 18.5 Å². The lowest BCUT2D eigenvalue weighted by atomic mass is 10.1. The Morgan fingerprint density at radius 1 is 1.10 bits per heavy atom. The first kappa shape index (κ1) is 21.1. The summed E-state index contributed by atoms with van der Waals surface area (Å²) in [5, 5.41) is 16.2. The fourth-order valence-electron chi connectivity index (χ4n) is 3.64. The van der Waals surface area contributed by atoms with Crippen LogP contribution in [-0.4, -0.2) is 29.1 Å². The van der Waals surface area contributed by atoms with Gasteiger partial charge in [0.1, 0.15) is 11.6 Å². The van der Waals surface area contributed by atoms with Gasteiger partial charge >= 0.3 is 0 Å². The van der Waals surface area contributed by atoms with Crippen molar-refractivity contribution in [3.63, 3.8) is 0 Å². The Labute approximate surface area is 179 Å². The molecule has 0 radical (unpaired) electrons. The van der Waals surface area contributed by atoms with E-state index in [4.69, 9.17) is 5.14 Å². The van der Waals surface area contributed by atoms with E-state index in [0.717, 1.165) is 38.1 Å². The van der Waals surface area contributed by atoms with Gasteiger partial charge in [-0.15, -0.1) is 10.2 Å². The molecule has 2 heterocycles. The van der Waals surface area contributed by atoms with E-state index in [0.29, 0.717) is 17.0 Å². The summed E-state index contributed by atoms with van der Waals surface area (Å²) in [6, 6.07) is 10.1. The molecular weight excluding hydrogens is 421 g/mol. The number of sulfonamides is 1. The molecule has 1 amide bonds. The van der Waals surface area contributed by atoms with Crippen LogP contribution in [0.15, 0.2) is 47.4 Å². The number of primary sulfonamides is 1. The number of nitrogens with one attached hydrogen (secondary N) is 1. The summed E-state index contributed by atoms with van der Waals surface area (Å²) in [5.41, 5.74) is 1.30. The van der Waals surface area contributed by atoms with Crippen LogP contribution in [0.4, 0.5) is 10.1 Å². The average Bonchev–Trinajstić information content (AvgIpc) is 2.97. The van der Waals surface area contributed by atoms with Crippen molar-refractivity contribution in [1.82, 2.24) is 14.8 Å². The third kappa shape index (κ3) is 4.80. The zero-order chi connectivity index (χ0) is 22.0. The van der Waals surface area contributed by atoms with E-state index in [1.807, 2.05) is 0 Å². The van der Waals surface area contributed by atoms with Crippen molar-refractivity contribution in [2.45, 2.75) is 43.5 Å². The third-order valence-corrected chi connectivity index (χ3v) is 6.15. The summed E-state index contributed by atoms with van der Waals surface area (Å²) in [5.74, 6) is 0.591. The maximum Gasteiger partial charge on any atom is 0.238 e. The lowest BCUT2D eigenvalue weighted by Crippen LogP contribution is -2.16. The number of anilines is 1. The van der Waals surface area contributed by atoms with Gasteiger partial charge in [0.2, 0.25) is 15.9 Å². The summed E-state index contributed by atoms with van der Waals surface area (Å²) in [4.78, 5) is 12.4. The molecule has 2 aromatic carbocycles. The number of carbonyl (C=O) groups is 1. The van der Waals surface area contributed by atoms with Crippen LogP contribution < -0.4 is 10.5 Å². The molecular formula is C21H22FN5O3S. The number of carbonyl (C=O) groups excluding carboxylic acids is 1. The first-order chi connectivity index (χ1) is 14.8. The number of benzene rings is 2. The van der Waals surface area contributed by atoms with Gasteiger partial charge in [-0.05, 0) is 48.7 Å². The number of amides is 1. The number of hydrogen-bond acceptors (Lipinski definition) is 5. The standard InChI is InChI=1S/C21H22FN5O3S/c22-17-10-7-15(21-26-25-19-4-2-1-3-11-27(19)21)13-18(17)24-20(28)12-14-5-8-16(9-6-14)31(23,29)30/h5-10,13H,1-4,11-12H2,(H,24,28)(H2,23,29,30). The van der Waals surface area contributed by atoms with Crippen molar-refractivity contribution < 1.29 is 17.6 Å². The van der Waals surface area contributed by atoms with Gasteiger partial charge in [-0.1, -0.05) is 18.6 Å². The number of nitrogens with two attached hydrogens (primary N) is 1. The number of fused-ring (bicyclic) bond motifs is 1. The smallest absolute Gasteiger partial charge is 0.238 e. The van der Waals surface area contributed by atoms with E-state index in [9.17, 15) is 17.6 Å². The SMILES string of the molecule is NS(=O)(=O)c1ccc(CC(=O)Nc2cc(-c3nnc4n3CCCCC4)ccc2F)cc1. The molecule has 1 aliphatic heterocycles. The number of hydrogen-bond donors (Lipinski definition) is 2. The molecule has 0 spiro atoms. The van der Waals surface area contributed by atoms with Crippen LogP contribution in [0.3, 0.4) is 0 Å². The fraction of sp³-hybridized carbons (Fsp3) is 0.286. The summed E-state index contributed by atoms with van der Waals surface area (Å²) in [6.45, 7) is 0.811. The first-order valence-corrected chi connectivity index (χ1v) is 11.5. The third-order valence-electron chi connectivity index (χ3n) is 5.22. The minimum Gasteiger partial charge on any atom is -0.323 e. The van der Waals surface area contributed by atoms with Crippen molar-refractivity contribution >= 4 is 21.6 Å². The second-order valence-electron chi connectivity index (χ2n) is 7.51. The number of halogens is 1. The van der Waals surface area contributed by atoms with Crippen LogP contribution in [0.25, 0.3) is 11.4 Å². The van der Waals surface area contributed by atoms with E-state index in [1.54, 1.807) is 12.1 Å². The van der Waals surface area contributed by atoms with Crippen LogP contribution in [0.2, 0.25) is 0 Å². The molecule has 0 saturated heterocycles. The van der Waals surface area contributed by atoms with Crippen molar-refractivity contribution in [3.8, 4) is 11.4 Å². The van der Waals surface area contributed by atoms with Gasteiger partial charge in [0.15, 0.2) is 5.82 Å². The molecule has 3 aromatic rings. The summed E-state index contributed by atoms with van der Waals surface area (Å²) < 4.78 is 39.1. The highest BCUT2D eigenvalue weighted by Crippen LogP contribution is 2.26. The Bertz CT molecular complexity index is 1220. The fourth-order valence-corrected chi connectivity index (χ4v) is 4.15. The molecule has 0 saturated carbocycles. The van der Waals surface area contributed by atoms with Gasteiger partial charge < -0.3 is 9.88 Å². The summed E-state index contributed by atoms with van der Waals surface area (Å²) in [7, 11) is -3.80. The quantitative estimate of drug-likeness (QED) is 0.628. The molecule has 4 rings (SSSR count). The monoisotopic (exact) mass is 443 g/mol. The van der Waals surface area contributed by atoms with E-state index in [1.165, 1.54) is 30.3 Å². The zero-order valence-electron chi connectivity index (χ0n) is 16.7. The molecule has 0 bridgehead atoms. The first-order valence-electron chi connectivity index (χ1n) is 9.95. The topological polar surface area (TPSA) is 120 Å². The molecule has 0 fully saturated rings. The predicted molar refractivity (Wildman–Crippen MR) is 113 cm³/mol. The van der Waals surface area contributed by atoms with Crippen LogP contribution in [0.1, 0.15) is 30.7 Å². The lowest BCUT2D eigenvalue weighted by Gasteiger charge is -2.11. The number of rotatable bonds is 5. The minimum atomic E-state index is -3.80. The molecule has 0 aliphatic carbocycles. The Balaban J connectivity index is 1.52. The van der Waals surface area contributed by atoms with Crippen molar-refractivity contribution in [1.29, 1.82) is 0 Å². The van der Waals surface area contributed by atoms with Crippen molar-refractivity contribution in [2.24, 2.45) is 5.14 Å². The van der Waals surface area contributed by atoms with E-state index < -0.39 is 21.7 Å². The molecule has 31 heavy (non-hydrogen) atoms. The number of nitrogens with zero attached hydrogens (tertiary/aromatic N) is 3. The Morgan fingerprint density at radius 3 is 2.61 bits per heavy atom. The molecule has 0 unspecified atom stereocenters. The second-order valence-corrected chi connectivity index (χ2v) is 9.07. The largest absolute Gasteiger partial charge is 0.323 e. The highest BCUT2D eigenvalue weighted by atomic mass is 32.2. The van der Waals surface area contributed by atoms with Crippen molar-refractivity contribution in [3.05, 3.63) is 59.7 Å². The van der Waals surface area contributed by atoms with E-state index >= 15 is 0 Å². The highest BCUT2D eigenvalue weighted by Gasteiger charge is 2.18. The number of aromatic nitrogens is 3. The Morgan fingerprint density at radius 2 is 1.87 bits per heavy atom. The van der Waals surface area contributed by atoms with Gasteiger partial charge in [-0.25, -0.2) is 17.9 Å². The van der Waals surface area contributed by atoms with E-state index in [2.05, 4.69) is 20.1 Å². The molecule has 8 nitrogen and oxygen atoms in total. The molecule has 3 N–H and O–H groups in total. The number of aryl methyl sites for hydroxylation is 1. The van der Waals surface area contributed by atoms with Gasteiger partial charge in [0.05, 0.1) is 17.0 Å². The van der Waals surface area contributed by atoms with Crippen LogP contribution in [-0.2, 0) is 34.2 Å².